The molecule has 1 saturated heterocycles. The van der Waals surface area contributed by atoms with E-state index in [1.807, 2.05) is 0 Å². The van der Waals surface area contributed by atoms with Crippen LogP contribution in [0.5, 0.6) is 0 Å². The van der Waals surface area contributed by atoms with Gasteiger partial charge in [0.1, 0.15) is 18.3 Å². The Morgan fingerprint density at radius 1 is 1.11 bits per heavy atom. The zero-order valence-corrected chi connectivity index (χ0v) is 19.2. The van der Waals surface area contributed by atoms with Gasteiger partial charge in [-0.3, -0.25) is 0 Å². The Hall–Kier alpha value is -3.18. The molecule has 2 aliphatic heterocycles. The number of hydrogen-bond acceptors (Lipinski definition) is 8. The number of esters is 3. The molecule has 11 heteroatoms. The van der Waals surface area contributed by atoms with Gasteiger partial charge >= 0.3 is 24.1 Å². The summed E-state index contributed by atoms with van der Waals surface area (Å²) in [7, 11) is 0.749. The van der Waals surface area contributed by atoms with E-state index in [-0.39, 0.29) is 6.42 Å². The van der Waals surface area contributed by atoms with Gasteiger partial charge in [-0.25, -0.2) is 14.4 Å². The lowest BCUT2D eigenvalue weighted by Gasteiger charge is -2.35. The third-order valence-electron chi connectivity index (χ3n) is 5.48. The van der Waals surface area contributed by atoms with Crippen molar-refractivity contribution >= 4 is 17.9 Å². The number of fused-ring (bicyclic) bond motifs is 1. The van der Waals surface area contributed by atoms with Crippen molar-refractivity contribution in [2.75, 3.05) is 7.11 Å². The molecule has 0 bridgehead atoms. The van der Waals surface area contributed by atoms with Crippen LogP contribution < -0.4 is 0 Å². The Morgan fingerprint density at radius 2 is 1.80 bits per heavy atom. The number of hydrogen-bond donors (Lipinski definition) is 0. The van der Waals surface area contributed by atoms with Crippen molar-refractivity contribution in [3.05, 3.63) is 60.2 Å². The van der Waals surface area contributed by atoms with Crippen molar-refractivity contribution in [2.45, 2.75) is 62.6 Å². The first-order valence-corrected chi connectivity index (χ1v) is 10.8. The predicted octanol–water partition coefficient (Wildman–Crippen LogP) is 3.15. The van der Waals surface area contributed by atoms with E-state index in [4.69, 9.17) is 23.7 Å². The molecule has 1 fully saturated rings. The van der Waals surface area contributed by atoms with Crippen molar-refractivity contribution in [2.24, 2.45) is 0 Å². The highest BCUT2D eigenvalue weighted by atomic mass is 19.4. The molecule has 0 amide bonds. The smallest absolute Gasteiger partial charge is 0.432 e. The quantitative estimate of drug-likeness (QED) is 0.194. The van der Waals surface area contributed by atoms with E-state index in [2.05, 4.69) is 0 Å². The fourth-order valence-corrected chi connectivity index (χ4v) is 3.73. The van der Waals surface area contributed by atoms with Crippen LogP contribution in [0, 0.1) is 0 Å². The fraction of sp³-hybridized carbons (Fsp3) is 0.458. The minimum Gasteiger partial charge on any atom is -0.461 e. The van der Waals surface area contributed by atoms with E-state index in [1.54, 1.807) is 6.92 Å². The minimum absolute atomic E-state index is 0.161. The van der Waals surface area contributed by atoms with Crippen molar-refractivity contribution in [1.82, 2.24) is 0 Å². The summed E-state index contributed by atoms with van der Waals surface area (Å²) in [4.78, 5) is 37.4. The van der Waals surface area contributed by atoms with Gasteiger partial charge in [-0.15, -0.1) is 0 Å². The summed E-state index contributed by atoms with van der Waals surface area (Å²) in [6, 6.07) is 6.33. The molecule has 2 heterocycles. The van der Waals surface area contributed by atoms with Gasteiger partial charge in [0.15, 0.2) is 12.2 Å². The molecular weight excluding hydrogens is 473 g/mol. The second-order valence-electron chi connectivity index (χ2n) is 7.98. The highest BCUT2D eigenvalue weighted by molar-refractivity contribution is 5.84. The summed E-state index contributed by atoms with van der Waals surface area (Å²) >= 11 is 0. The Balaban J connectivity index is 2.00. The number of epoxide rings is 1. The van der Waals surface area contributed by atoms with E-state index >= 15 is 0 Å². The van der Waals surface area contributed by atoms with Gasteiger partial charge in [0.2, 0.25) is 0 Å². The van der Waals surface area contributed by atoms with Crippen LogP contribution in [-0.4, -0.2) is 61.7 Å². The molecular formula is C24H25F3O8. The lowest BCUT2D eigenvalue weighted by atomic mass is 9.92. The SMILES string of the molecule is C/C=C/C(=O)O[C@@H]1C[C@@H](C)OC(=O)C2OC2/C=C/[C@@H]1OC(=O)[C@@](OC)(c1ccccc1)C(F)(F)F. The third kappa shape index (κ3) is 5.73. The zero-order chi connectivity index (χ0) is 25.8. The number of allylic oxidation sites excluding steroid dienone is 1. The molecule has 1 aromatic rings. The van der Waals surface area contributed by atoms with Crippen molar-refractivity contribution < 1.29 is 51.2 Å². The number of carbonyl (C=O) groups excluding carboxylic acids is 3. The maximum Gasteiger partial charge on any atom is 0.432 e. The molecule has 2 unspecified atom stereocenters. The first kappa shape index (κ1) is 26.4. The third-order valence-corrected chi connectivity index (χ3v) is 5.48. The zero-order valence-electron chi connectivity index (χ0n) is 19.2. The molecule has 0 saturated carbocycles. The highest BCUT2D eigenvalue weighted by Crippen LogP contribution is 2.43. The number of cyclic esters (lactones) is 1. The van der Waals surface area contributed by atoms with Gasteiger partial charge in [0.05, 0.1) is 0 Å². The van der Waals surface area contributed by atoms with E-state index in [1.165, 1.54) is 43.4 Å². The van der Waals surface area contributed by atoms with E-state index < -0.39 is 65.8 Å². The lowest BCUT2D eigenvalue weighted by Crippen LogP contribution is -2.53. The molecule has 0 aromatic heterocycles. The number of alkyl halides is 3. The van der Waals surface area contributed by atoms with E-state index in [0.717, 1.165) is 25.3 Å². The Bertz CT molecular complexity index is 990. The second kappa shape index (κ2) is 10.6. The van der Waals surface area contributed by atoms with Crippen LogP contribution in [0.3, 0.4) is 0 Å². The number of carbonyl (C=O) groups is 3. The minimum atomic E-state index is -5.19. The largest absolute Gasteiger partial charge is 0.461 e. The van der Waals surface area contributed by atoms with Crippen LogP contribution in [0.4, 0.5) is 13.2 Å². The van der Waals surface area contributed by atoms with Crippen LogP contribution >= 0.6 is 0 Å². The molecule has 1 aromatic carbocycles. The van der Waals surface area contributed by atoms with E-state index in [0.29, 0.717) is 0 Å². The molecule has 6 atom stereocenters. The molecule has 190 valence electrons. The summed E-state index contributed by atoms with van der Waals surface area (Å²) in [5.74, 6) is -3.20. The van der Waals surface area contributed by atoms with Crippen molar-refractivity contribution in [3.8, 4) is 0 Å². The van der Waals surface area contributed by atoms with Gasteiger partial charge in [0.25, 0.3) is 5.60 Å². The molecule has 3 rings (SSSR count). The lowest BCUT2D eigenvalue weighted by molar-refractivity contribution is -0.279. The average Bonchev–Trinajstić information content (AvgIpc) is 3.56. The van der Waals surface area contributed by atoms with Gasteiger partial charge < -0.3 is 23.7 Å². The molecule has 8 nitrogen and oxygen atoms in total. The van der Waals surface area contributed by atoms with Crippen molar-refractivity contribution in [1.29, 1.82) is 0 Å². The molecule has 2 aliphatic rings. The van der Waals surface area contributed by atoms with E-state index in [9.17, 15) is 27.6 Å². The van der Waals surface area contributed by atoms with Crippen LogP contribution in [-0.2, 0) is 43.7 Å². The molecule has 0 spiro atoms. The maximum atomic E-state index is 14.3. The van der Waals surface area contributed by atoms with Gasteiger partial charge in [-0.2, -0.15) is 13.2 Å². The second-order valence-corrected chi connectivity index (χ2v) is 7.98. The number of halogens is 3. The highest BCUT2D eigenvalue weighted by Gasteiger charge is 2.64. The molecule has 0 radical (unpaired) electrons. The first-order valence-electron chi connectivity index (χ1n) is 10.8. The Labute approximate surface area is 199 Å². The van der Waals surface area contributed by atoms with Gasteiger partial charge in [0, 0.05) is 25.2 Å². The topological polar surface area (TPSA) is 101 Å². The summed E-state index contributed by atoms with van der Waals surface area (Å²) in [6.07, 6.45) is -5.43. The average molecular weight is 498 g/mol. The Kier molecular flexibility index (Phi) is 8.01. The fourth-order valence-electron chi connectivity index (χ4n) is 3.73. The summed E-state index contributed by atoms with van der Waals surface area (Å²) < 4.78 is 68.8. The number of benzene rings is 1. The van der Waals surface area contributed by atoms with Crippen LogP contribution in [0.25, 0.3) is 0 Å². The van der Waals surface area contributed by atoms with Gasteiger partial charge in [-0.05, 0) is 19.9 Å². The molecule has 0 N–H and O–H groups in total. The summed E-state index contributed by atoms with van der Waals surface area (Å²) in [5, 5.41) is 0. The van der Waals surface area contributed by atoms with Crippen LogP contribution in [0.1, 0.15) is 25.8 Å². The van der Waals surface area contributed by atoms with Gasteiger partial charge in [-0.1, -0.05) is 42.5 Å². The Morgan fingerprint density at radius 3 is 2.40 bits per heavy atom. The standard InChI is InChI=1S/C24H25F3O8/c1-4-8-19(28)33-18-13-14(2)32-21(29)20-17(34-20)12-11-16(18)35-22(30)23(31-3,24(25,26)27)15-9-6-5-7-10-15/h4-12,14,16-18,20H,13H2,1-3H3/b8-4+,12-11+/t14-,16+,17?,18-,20?,23+/m1/s1. The molecule has 0 aliphatic carbocycles. The predicted molar refractivity (Wildman–Crippen MR) is 114 cm³/mol. The maximum absolute atomic E-state index is 14.3. The summed E-state index contributed by atoms with van der Waals surface area (Å²) in [6.45, 7) is 3.08. The first-order chi connectivity index (χ1) is 16.5. The van der Waals surface area contributed by atoms with Crippen LogP contribution in [0.2, 0.25) is 0 Å². The van der Waals surface area contributed by atoms with Crippen molar-refractivity contribution in [3.63, 3.8) is 0 Å². The monoisotopic (exact) mass is 498 g/mol. The number of rotatable bonds is 6. The summed E-state index contributed by atoms with van der Waals surface area (Å²) in [5.41, 5.74) is -3.93. The number of methoxy groups -OCH3 is 1. The number of ether oxygens (including phenoxy) is 5. The molecule has 35 heavy (non-hydrogen) atoms. The van der Waals surface area contributed by atoms with Crippen LogP contribution in [0.15, 0.2) is 54.6 Å². The normalized spacial score (nSPS) is 29.3.